The summed E-state index contributed by atoms with van der Waals surface area (Å²) in [5.74, 6) is 0.285. The van der Waals surface area contributed by atoms with Gasteiger partial charge in [0, 0.05) is 36.8 Å². The topological polar surface area (TPSA) is 88.2 Å². The number of nitrogens with zero attached hydrogens (tertiary/aromatic N) is 3. The summed E-state index contributed by atoms with van der Waals surface area (Å²) in [4.78, 5) is 33.6. The van der Waals surface area contributed by atoms with Crippen molar-refractivity contribution < 1.29 is 14.3 Å². The van der Waals surface area contributed by atoms with Crippen LogP contribution in [0.2, 0.25) is 0 Å². The SMILES string of the molecule is CC(C)CN1C(=O)[C@H](N)N=C(C2CCN(C(=O)OC(C)(C)C)CC2)c2ccccc21. The summed E-state index contributed by atoms with van der Waals surface area (Å²) in [5, 5.41) is 0. The first-order chi connectivity index (χ1) is 14.1. The van der Waals surface area contributed by atoms with Crippen molar-refractivity contribution in [2.75, 3.05) is 24.5 Å². The van der Waals surface area contributed by atoms with E-state index in [1.807, 2.05) is 45.0 Å². The van der Waals surface area contributed by atoms with Crippen LogP contribution in [0, 0.1) is 11.8 Å². The van der Waals surface area contributed by atoms with E-state index in [0.717, 1.165) is 29.8 Å². The Hall–Kier alpha value is -2.41. The summed E-state index contributed by atoms with van der Waals surface area (Å²) < 4.78 is 5.50. The van der Waals surface area contributed by atoms with E-state index in [1.54, 1.807) is 9.80 Å². The number of anilines is 1. The quantitative estimate of drug-likeness (QED) is 0.821. The molecule has 7 heteroatoms. The Morgan fingerprint density at radius 2 is 1.87 bits per heavy atom. The molecule has 0 bridgehead atoms. The van der Waals surface area contributed by atoms with E-state index >= 15 is 0 Å². The summed E-state index contributed by atoms with van der Waals surface area (Å²) in [6, 6.07) is 7.91. The van der Waals surface area contributed by atoms with Gasteiger partial charge in [-0.05, 0) is 45.6 Å². The van der Waals surface area contributed by atoms with Crippen LogP contribution in [0.5, 0.6) is 0 Å². The van der Waals surface area contributed by atoms with Crippen LogP contribution in [0.25, 0.3) is 0 Å². The first kappa shape index (κ1) is 22.3. The average Bonchev–Trinajstić information content (AvgIpc) is 2.77. The molecule has 2 N–H and O–H groups in total. The van der Waals surface area contributed by atoms with Gasteiger partial charge >= 0.3 is 6.09 Å². The number of nitrogens with two attached hydrogens (primary N) is 1. The van der Waals surface area contributed by atoms with Crippen molar-refractivity contribution in [3.8, 4) is 0 Å². The minimum atomic E-state index is -0.907. The molecular formula is C23H34N4O3. The Morgan fingerprint density at radius 1 is 1.23 bits per heavy atom. The monoisotopic (exact) mass is 414 g/mol. The van der Waals surface area contributed by atoms with Gasteiger partial charge in [0.05, 0.1) is 5.69 Å². The molecule has 3 rings (SSSR count). The van der Waals surface area contributed by atoms with Crippen LogP contribution in [0.4, 0.5) is 10.5 Å². The largest absolute Gasteiger partial charge is 0.444 e. The Kier molecular flexibility index (Phi) is 6.50. The van der Waals surface area contributed by atoms with Crippen LogP contribution in [0.3, 0.4) is 0 Å². The van der Waals surface area contributed by atoms with Crippen molar-refractivity contribution in [1.29, 1.82) is 0 Å². The number of benzene rings is 1. The second-order valence-electron chi connectivity index (χ2n) is 9.56. The normalized spacial score (nSPS) is 20.7. The zero-order valence-electron chi connectivity index (χ0n) is 18.7. The minimum Gasteiger partial charge on any atom is -0.444 e. The van der Waals surface area contributed by atoms with Crippen LogP contribution < -0.4 is 10.6 Å². The average molecular weight is 415 g/mol. The van der Waals surface area contributed by atoms with Crippen LogP contribution >= 0.6 is 0 Å². The number of carbonyl (C=O) groups is 2. The third kappa shape index (κ3) is 5.01. The molecule has 1 atom stereocenters. The number of rotatable bonds is 3. The third-order valence-corrected chi connectivity index (χ3v) is 5.35. The van der Waals surface area contributed by atoms with Crippen LogP contribution in [0.15, 0.2) is 29.3 Å². The molecule has 7 nitrogen and oxygen atoms in total. The molecule has 0 saturated carbocycles. The van der Waals surface area contributed by atoms with E-state index in [9.17, 15) is 9.59 Å². The van der Waals surface area contributed by atoms with Crippen LogP contribution in [-0.4, -0.2) is 54.0 Å². The number of benzodiazepines with no additional fused rings is 1. The Labute approximate surface area is 179 Å². The second kappa shape index (κ2) is 8.76. The van der Waals surface area contributed by atoms with Crippen molar-refractivity contribution >= 4 is 23.4 Å². The summed E-state index contributed by atoms with van der Waals surface area (Å²) >= 11 is 0. The molecule has 0 radical (unpaired) electrons. The first-order valence-electron chi connectivity index (χ1n) is 10.8. The van der Waals surface area contributed by atoms with Crippen molar-refractivity contribution in [3.05, 3.63) is 29.8 Å². The molecule has 0 aliphatic carbocycles. The lowest BCUT2D eigenvalue weighted by Gasteiger charge is -2.34. The van der Waals surface area contributed by atoms with Gasteiger partial charge < -0.3 is 20.3 Å². The number of hydrogen-bond acceptors (Lipinski definition) is 5. The molecule has 1 fully saturated rings. The number of carbonyl (C=O) groups excluding carboxylic acids is 2. The standard InChI is InChI=1S/C23H34N4O3/c1-15(2)14-27-18-9-7-6-8-17(18)19(25-20(24)21(27)28)16-10-12-26(13-11-16)22(29)30-23(3,4)5/h6-9,15-16,20H,10-14,24H2,1-5H3/t20-/m1/s1. The lowest BCUT2D eigenvalue weighted by Crippen LogP contribution is -2.44. The Bertz CT molecular complexity index is 820. The maximum absolute atomic E-state index is 13.0. The van der Waals surface area contributed by atoms with Gasteiger partial charge in [-0.25, -0.2) is 4.79 Å². The smallest absolute Gasteiger partial charge is 0.410 e. The van der Waals surface area contributed by atoms with Gasteiger partial charge in [0.15, 0.2) is 6.17 Å². The summed E-state index contributed by atoms with van der Waals surface area (Å²) in [6.45, 7) is 11.6. The Morgan fingerprint density at radius 3 is 2.47 bits per heavy atom. The van der Waals surface area contributed by atoms with E-state index in [4.69, 9.17) is 10.5 Å². The lowest BCUT2D eigenvalue weighted by molar-refractivity contribution is -0.119. The zero-order valence-corrected chi connectivity index (χ0v) is 18.7. The van der Waals surface area contributed by atoms with E-state index < -0.39 is 11.8 Å². The highest BCUT2D eigenvalue weighted by molar-refractivity contribution is 6.13. The number of para-hydroxylation sites is 1. The molecule has 164 valence electrons. The molecule has 0 aromatic heterocycles. The molecular weight excluding hydrogens is 380 g/mol. The van der Waals surface area contributed by atoms with Crippen molar-refractivity contribution in [3.63, 3.8) is 0 Å². The van der Waals surface area contributed by atoms with Gasteiger partial charge in [0.25, 0.3) is 5.91 Å². The third-order valence-electron chi connectivity index (χ3n) is 5.35. The van der Waals surface area contributed by atoms with Crippen molar-refractivity contribution in [2.45, 2.75) is 59.2 Å². The van der Waals surface area contributed by atoms with Gasteiger partial charge in [-0.3, -0.25) is 9.79 Å². The lowest BCUT2D eigenvalue weighted by atomic mass is 9.87. The van der Waals surface area contributed by atoms with Gasteiger partial charge in [0.2, 0.25) is 0 Å². The molecule has 0 unspecified atom stereocenters. The first-order valence-corrected chi connectivity index (χ1v) is 10.8. The number of ether oxygens (including phenoxy) is 1. The summed E-state index contributed by atoms with van der Waals surface area (Å²) in [7, 11) is 0. The number of likely N-dealkylation sites (tertiary alicyclic amines) is 1. The molecule has 1 saturated heterocycles. The minimum absolute atomic E-state index is 0.141. The molecule has 30 heavy (non-hydrogen) atoms. The Balaban J connectivity index is 1.83. The number of hydrogen-bond donors (Lipinski definition) is 1. The summed E-state index contributed by atoms with van der Waals surface area (Å²) in [6.07, 6.45) is 0.337. The van der Waals surface area contributed by atoms with Gasteiger partial charge in [0.1, 0.15) is 5.60 Å². The van der Waals surface area contributed by atoms with E-state index in [0.29, 0.717) is 25.6 Å². The molecule has 0 spiro atoms. The molecule has 2 heterocycles. The van der Waals surface area contributed by atoms with E-state index in [2.05, 4.69) is 18.8 Å². The number of aliphatic imine (C=N–C) groups is 1. The zero-order chi connectivity index (χ0) is 22.1. The fourth-order valence-electron chi connectivity index (χ4n) is 4.02. The predicted molar refractivity (Wildman–Crippen MR) is 119 cm³/mol. The number of amides is 2. The van der Waals surface area contributed by atoms with Crippen LogP contribution in [-0.2, 0) is 9.53 Å². The predicted octanol–water partition coefficient (Wildman–Crippen LogP) is 3.41. The highest BCUT2D eigenvalue weighted by Gasteiger charge is 2.35. The summed E-state index contributed by atoms with van der Waals surface area (Å²) in [5.41, 5.74) is 8.41. The molecule has 2 amide bonds. The number of fused-ring (bicyclic) bond motifs is 1. The maximum Gasteiger partial charge on any atom is 0.410 e. The molecule has 2 aliphatic rings. The highest BCUT2D eigenvalue weighted by atomic mass is 16.6. The van der Waals surface area contributed by atoms with Crippen LogP contribution in [0.1, 0.15) is 53.0 Å². The van der Waals surface area contributed by atoms with E-state index in [1.165, 1.54) is 0 Å². The maximum atomic E-state index is 13.0. The molecule has 1 aromatic rings. The highest BCUT2D eigenvalue weighted by Crippen LogP contribution is 2.32. The van der Waals surface area contributed by atoms with Gasteiger partial charge in [-0.2, -0.15) is 0 Å². The fourth-order valence-corrected chi connectivity index (χ4v) is 4.02. The van der Waals surface area contributed by atoms with E-state index in [-0.39, 0.29) is 17.9 Å². The fraction of sp³-hybridized carbons (Fsp3) is 0.609. The van der Waals surface area contributed by atoms with Crippen molar-refractivity contribution in [2.24, 2.45) is 22.6 Å². The van der Waals surface area contributed by atoms with Crippen molar-refractivity contribution in [1.82, 2.24) is 4.90 Å². The van der Waals surface area contributed by atoms with Gasteiger partial charge in [-0.1, -0.05) is 32.0 Å². The second-order valence-corrected chi connectivity index (χ2v) is 9.56. The number of piperidine rings is 1. The molecule has 2 aliphatic heterocycles. The van der Waals surface area contributed by atoms with Gasteiger partial charge in [-0.15, -0.1) is 0 Å². The molecule has 1 aromatic carbocycles.